The van der Waals surface area contributed by atoms with E-state index in [1.807, 2.05) is 91.3 Å². The summed E-state index contributed by atoms with van der Waals surface area (Å²) in [4.78, 5) is 21.1. The van der Waals surface area contributed by atoms with E-state index in [0.717, 1.165) is 50.7 Å². The average molecular weight is 992 g/mol. The van der Waals surface area contributed by atoms with E-state index in [-0.39, 0.29) is 0 Å². The second kappa shape index (κ2) is 34.2. The summed E-state index contributed by atoms with van der Waals surface area (Å²) >= 11 is 13.7. The third kappa shape index (κ3) is 21.4. The fourth-order valence-electron chi connectivity index (χ4n) is 8.20. The molecular formula is C63H69N5S3. The minimum Gasteiger partial charge on any atom is -0.256 e. The Kier molecular flexibility index (Phi) is 26.8. The molecule has 0 aliphatic rings. The Morgan fingerprint density at radius 2 is 0.634 bits per heavy atom. The summed E-state index contributed by atoms with van der Waals surface area (Å²) in [5, 5.41) is 7.07. The molecular weight excluding hydrogens is 923 g/mol. The Labute approximate surface area is 440 Å². The van der Waals surface area contributed by atoms with Gasteiger partial charge in [0.15, 0.2) is 0 Å². The highest BCUT2D eigenvalue weighted by Crippen LogP contribution is 2.27. The fourth-order valence-corrected chi connectivity index (χ4v) is 8.51. The summed E-state index contributed by atoms with van der Waals surface area (Å²) in [6.07, 6.45) is 28.1. The van der Waals surface area contributed by atoms with Crippen molar-refractivity contribution in [2.24, 2.45) is 15.0 Å². The standard InChI is InChI=1S/C29H34N2S.C27H30N2S.C7H5NS/c1-2-3-4-5-6-7-8-9-10-11-24-12-14-25(15-13-24)27-18-21-29(30-22-27)26-16-19-28(20-17-26)31-23-32;1-2-3-4-5-6-7-8-9-22-10-12-23(13-11-22)25-16-19-27(28-20-25)24-14-17-26(18-15-24)29-21-30;9-6-8-7-4-2-1-3-5-7/h12-22H,2-11H2,1H3;10-20H,2-9H2,1H3;1-5H. The van der Waals surface area contributed by atoms with E-state index < -0.39 is 0 Å². The van der Waals surface area contributed by atoms with Crippen LogP contribution in [0.3, 0.4) is 0 Å². The maximum Gasteiger partial charge on any atom is 0.0740 e. The first kappa shape index (κ1) is 55.7. The second-order valence-corrected chi connectivity index (χ2v) is 18.3. The predicted octanol–water partition coefficient (Wildman–Crippen LogP) is 20.1. The van der Waals surface area contributed by atoms with Crippen molar-refractivity contribution < 1.29 is 0 Å². The van der Waals surface area contributed by atoms with Crippen LogP contribution in [0.4, 0.5) is 17.1 Å². The topological polar surface area (TPSA) is 62.9 Å². The van der Waals surface area contributed by atoms with Crippen LogP contribution in [-0.4, -0.2) is 25.5 Å². The molecule has 0 atom stereocenters. The number of thiocarbonyl (C=S) groups is 3. The molecule has 0 radical (unpaired) electrons. The molecule has 0 unspecified atom stereocenters. The van der Waals surface area contributed by atoms with Gasteiger partial charge >= 0.3 is 0 Å². The number of unbranched alkanes of at least 4 members (excludes halogenated alkanes) is 14. The molecule has 364 valence electrons. The van der Waals surface area contributed by atoms with Crippen molar-refractivity contribution in [1.29, 1.82) is 0 Å². The number of aliphatic imine (C=N–C) groups is 3. The van der Waals surface area contributed by atoms with Crippen LogP contribution in [0.2, 0.25) is 0 Å². The van der Waals surface area contributed by atoms with Crippen molar-refractivity contribution in [3.8, 4) is 44.8 Å². The molecule has 8 heteroatoms. The van der Waals surface area contributed by atoms with Crippen molar-refractivity contribution >= 4 is 69.2 Å². The molecule has 7 aromatic rings. The zero-order chi connectivity index (χ0) is 50.0. The number of benzene rings is 5. The van der Waals surface area contributed by atoms with Crippen LogP contribution >= 0.6 is 36.7 Å². The van der Waals surface area contributed by atoms with Crippen LogP contribution < -0.4 is 0 Å². The first-order valence-corrected chi connectivity index (χ1v) is 26.9. The second-order valence-electron chi connectivity index (χ2n) is 17.7. The maximum absolute atomic E-state index is 4.66. The lowest BCUT2D eigenvalue weighted by Gasteiger charge is -2.07. The molecule has 0 aliphatic heterocycles. The van der Waals surface area contributed by atoms with E-state index in [1.165, 1.54) is 138 Å². The highest BCUT2D eigenvalue weighted by atomic mass is 32.1. The van der Waals surface area contributed by atoms with Crippen molar-refractivity contribution in [2.45, 2.75) is 129 Å². The SMILES string of the molecule is CCCCCCCCCCCc1ccc(-c2ccc(-c3ccc(N=C=S)cc3)nc2)cc1.CCCCCCCCCc1ccc(-c2ccc(-c3ccc(N=C=S)cc3)nc2)cc1.S=C=Nc1ccccc1. The van der Waals surface area contributed by atoms with Gasteiger partial charge in [-0.1, -0.05) is 207 Å². The van der Waals surface area contributed by atoms with E-state index in [1.54, 1.807) is 0 Å². The van der Waals surface area contributed by atoms with E-state index in [9.17, 15) is 0 Å². The highest BCUT2D eigenvalue weighted by molar-refractivity contribution is 7.78. The van der Waals surface area contributed by atoms with Crippen molar-refractivity contribution in [1.82, 2.24) is 9.97 Å². The van der Waals surface area contributed by atoms with Gasteiger partial charge in [0.2, 0.25) is 0 Å². The monoisotopic (exact) mass is 991 g/mol. The number of nitrogens with zero attached hydrogens (tertiary/aromatic N) is 5. The van der Waals surface area contributed by atoms with Crippen molar-refractivity contribution in [2.75, 3.05) is 0 Å². The quantitative estimate of drug-likeness (QED) is 0.0324. The lowest BCUT2D eigenvalue weighted by Crippen LogP contribution is -1.88. The summed E-state index contributed by atoms with van der Waals surface area (Å²) in [7, 11) is 0. The molecule has 71 heavy (non-hydrogen) atoms. The third-order valence-electron chi connectivity index (χ3n) is 12.3. The van der Waals surface area contributed by atoms with Crippen molar-refractivity contribution in [3.05, 3.63) is 175 Å². The molecule has 5 nitrogen and oxygen atoms in total. The minimum absolute atomic E-state index is 0.807. The largest absolute Gasteiger partial charge is 0.256 e. The first-order valence-electron chi connectivity index (χ1n) is 25.6. The molecule has 2 heterocycles. The average Bonchev–Trinajstić information content (AvgIpc) is 3.42. The van der Waals surface area contributed by atoms with Gasteiger partial charge in [-0.25, -0.2) is 0 Å². The van der Waals surface area contributed by atoms with Gasteiger partial charge in [-0.05, 0) is 133 Å². The number of para-hydroxylation sites is 1. The van der Waals surface area contributed by atoms with E-state index in [2.05, 4.69) is 164 Å². The van der Waals surface area contributed by atoms with Gasteiger partial charge in [-0.3, -0.25) is 9.97 Å². The Hall–Kier alpha value is -6.20. The molecule has 5 aromatic carbocycles. The van der Waals surface area contributed by atoms with Crippen LogP contribution in [0.5, 0.6) is 0 Å². The summed E-state index contributed by atoms with van der Waals surface area (Å²) in [5.41, 5.74) is 14.1. The zero-order valence-electron chi connectivity index (χ0n) is 41.8. The van der Waals surface area contributed by atoms with Crippen molar-refractivity contribution in [3.63, 3.8) is 0 Å². The fraction of sp³-hybridized carbons (Fsp3) is 0.317. The molecule has 2 aromatic heterocycles. The Balaban J connectivity index is 0.000000225. The van der Waals surface area contributed by atoms with Crippen LogP contribution in [0.25, 0.3) is 44.8 Å². The van der Waals surface area contributed by atoms with E-state index in [4.69, 9.17) is 0 Å². The normalized spacial score (nSPS) is 10.3. The summed E-state index contributed by atoms with van der Waals surface area (Å²) in [6, 6.07) is 51.6. The molecule has 0 aliphatic carbocycles. The Morgan fingerprint density at radius 1 is 0.324 bits per heavy atom. The summed E-state index contributed by atoms with van der Waals surface area (Å²) < 4.78 is 0. The van der Waals surface area contributed by atoms with E-state index in [0.29, 0.717) is 0 Å². The number of isothiocyanates is 3. The van der Waals surface area contributed by atoms with Crippen LogP contribution in [0, 0.1) is 0 Å². The van der Waals surface area contributed by atoms with Gasteiger partial charge < -0.3 is 0 Å². The number of hydrogen-bond acceptors (Lipinski definition) is 8. The lowest BCUT2D eigenvalue weighted by molar-refractivity contribution is 0.565. The van der Waals surface area contributed by atoms with Gasteiger partial charge in [0.1, 0.15) is 0 Å². The molecule has 7 rings (SSSR count). The van der Waals surface area contributed by atoms with Crippen LogP contribution in [0.1, 0.15) is 128 Å². The maximum atomic E-state index is 4.66. The molecule has 0 saturated heterocycles. The number of aryl methyl sites for hydroxylation is 2. The molecule has 0 amide bonds. The van der Waals surface area contributed by atoms with Crippen LogP contribution in [-0.2, 0) is 12.8 Å². The van der Waals surface area contributed by atoms with Gasteiger partial charge in [0.05, 0.1) is 43.9 Å². The molecule has 0 fully saturated rings. The highest BCUT2D eigenvalue weighted by Gasteiger charge is 2.05. The number of pyridine rings is 2. The van der Waals surface area contributed by atoms with Gasteiger partial charge in [0, 0.05) is 34.6 Å². The summed E-state index contributed by atoms with van der Waals surface area (Å²) in [5.74, 6) is 0. The number of aromatic nitrogens is 2. The smallest absolute Gasteiger partial charge is 0.0740 e. The number of hydrogen-bond donors (Lipinski definition) is 0. The lowest BCUT2D eigenvalue weighted by atomic mass is 10.0. The third-order valence-corrected chi connectivity index (χ3v) is 12.6. The van der Waals surface area contributed by atoms with Crippen LogP contribution in [0.15, 0.2) is 179 Å². The van der Waals surface area contributed by atoms with Gasteiger partial charge in [0.25, 0.3) is 0 Å². The van der Waals surface area contributed by atoms with E-state index >= 15 is 0 Å². The molecule has 0 saturated carbocycles. The molecule has 0 spiro atoms. The minimum atomic E-state index is 0.807. The molecule has 0 bridgehead atoms. The number of rotatable bonds is 25. The Bertz CT molecular complexity index is 2680. The zero-order valence-corrected chi connectivity index (χ0v) is 44.2. The Morgan fingerprint density at radius 3 is 0.958 bits per heavy atom. The summed E-state index contributed by atoms with van der Waals surface area (Å²) in [6.45, 7) is 4.55. The van der Waals surface area contributed by atoms with Gasteiger partial charge in [-0.15, -0.1) is 0 Å². The molecule has 0 N–H and O–H groups in total. The van der Waals surface area contributed by atoms with Gasteiger partial charge in [-0.2, -0.15) is 15.0 Å². The first-order chi connectivity index (χ1) is 35.0. The predicted molar refractivity (Wildman–Crippen MR) is 313 cm³/mol.